The Morgan fingerprint density at radius 2 is 1.93 bits per heavy atom. The molecule has 0 heterocycles. The lowest BCUT2D eigenvalue weighted by molar-refractivity contribution is -0.156. The lowest BCUT2D eigenvalue weighted by Gasteiger charge is -2.38. The molecule has 0 saturated carbocycles. The van der Waals surface area contributed by atoms with Crippen LogP contribution in [-0.2, 0) is 23.9 Å². The molecular formula is C24H36O5. The second kappa shape index (κ2) is 11.1. The number of ether oxygens (including phenoxy) is 2. The highest BCUT2D eigenvalue weighted by Crippen LogP contribution is 2.43. The summed E-state index contributed by atoms with van der Waals surface area (Å²) in [5, 5.41) is 0. The lowest BCUT2D eigenvalue weighted by Crippen LogP contribution is -2.34. The van der Waals surface area contributed by atoms with Crippen LogP contribution < -0.4 is 0 Å². The van der Waals surface area contributed by atoms with Crippen LogP contribution in [-0.4, -0.2) is 23.8 Å². The first-order valence-electron chi connectivity index (χ1n) is 10.3. The Bertz CT molecular complexity index is 683. The first kappa shape index (κ1) is 24.9. The van der Waals surface area contributed by atoms with Gasteiger partial charge in [-0.1, -0.05) is 37.1 Å². The average molecular weight is 405 g/mol. The van der Waals surface area contributed by atoms with Gasteiger partial charge in [0.2, 0.25) is 0 Å². The normalized spacial score (nSPS) is 21.2. The number of hydrogen-bond acceptors (Lipinski definition) is 5. The molecule has 1 aliphatic rings. The van der Waals surface area contributed by atoms with Crippen molar-refractivity contribution >= 4 is 18.2 Å². The third-order valence-corrected chi connectivity index (χ3v) is 5.72. The van der Waals surface area contributed by atoms with Crippen molar-refractivity contribution < 1.29 is 23.9 Å². The van der Waals surface area contributed by atoms with E-state index in [0.717, 1.165) is 25.5 Å². The van der Waals surface area contributed by atoms with Gasteiger partial charge in [-0.2, -0.15) is 0 Å². The molecule has 0 aliphatic heterocycles. The van der Waals surface area contributed by atoms with E-state index in [1.807, 2.05) is 0 Å². The van der Waals surface area contributed by atoms with E-state index in [0.29, 0.717) is 30.5 Å². The Balaban J connectivity index is 2.72. The van der Waals surface area contributed by atoms with E-state index < -0.39 is 17.5 Å². The molecule has 0 fully saturated rings. The molecule has 0 bridgehead atoms. The predicted octanol–water partition coefficient (Wildman–Crippen LogP) is 5.45. The lowest BCUT2D eigenvalue weighted by atomic mass is 9.67. The quantitative estimate of drug-likeness (QED) is 0.209. The SMILES string of the molecule is CC(=O)OC=CC(C=O)(CCC=C(C)CCC1C(C)=CCCC1(C)C)OC(C)=O. The average Bonchev–Trinajstić information content (AvgIpc) is 2.59. The molecule has 0 saturated heterocycles. The maximum absolute atomic E-state index is 11.7. The summed E-state index contributed by atoms with van der Waals surface area (Å²) in [6.45, 7) is 11.5. The van der Waals surface area contributed by atoms with E-state index in [1.165, 1.54) is 37.5 Å². The van der Waals surface area contributed by atoms with Crippen molar-refractivity contribution in [3.63, 3.8) is 0 Å². The first-order chi connectivity index (χ1) is 13.5. The van der Waals surface area contributed by atoms with Crippen LogP contribution in [0.4, 0.5) is 0 Å². The Kier molecular flexibility index (Phi) is 9.54. The number of allylic oxidation sites excluding steroid dienone is 4. The highest BCUT2D eigenvalue weighted by molar-refractivity contribution is 5.75. The van der Waals surface area contributed by atoms with Gasteiger partial charge in [-0.25, -0.2) is 0 Å². The first-order valence-corrected chi connectivity index (χ1v) is 10.3. The summed E-state index contributed by atoms with van der Waals surface area (Å²) in [6.07, 6.45) is 12.8. The monoisotopic (exact) mass is 404 g/mol. The molecule has 0 spiro atoms. The van der Waals surface area contributed by atoms with Gasteiger partial charge in [0.05, 0.1) is 6.26 Å². The van der Waals surface area contributed by atoms with Crippen molar-refractivity contribution in [3.05, 3.63) is 35.6 Å². The van der Waals surface area contributed by atoms with Crippen LogP contribution >= 0.6 is 0 Å². The summed E-state index contributed by atoms with van der Waals surface area (Å²) >= 11 is 0. The second-order valence-corrected chi connectivity index (χ2v) is 8.73. The van der Waals surface area contributed by atoms with Crippen molar-refractivity contribution in [1.82, 2.24) is 0 Å². The minimum absolute atomic E-state index is 0.291. The molecule has 2 atom stereocenters. The van der Waals surface area contributed by atoms with Crippen LogP contribution in [0.25, 0.3) is 0 Å². The van der Waals surface area contributed by atoms with Crippen LogP contribution in [0.5, 0.6) is 0 Å². The van der Waals surface area contributed by atoms with Crippen molar-refractivity contribution in [3.8, 4) is 0 Å². The molecule has 1 rings (SSSR count). The van der Waals surface area contributed by atoms with Crippen molar-refractivity contribution in [2.75, 3.05) is 0 Å². The zero-order chi connectivity index (χ0) is 22.1. The molecule has 2 unspecified atom stereocenters. The summed E-state index contributed by atoms with van der Waals surface area (Å²) in [5.74, 6) is -0.483. The van der Waals surface area contributed by atoms with Crippen molar-refractivity contribution in [1.29, 1.82) is 0 Å². The maximum Gasteiger partial charge on any atom is 0.307 e. The minimum Gasteiger partial charge on any atom is -0.447 e. The summed E-state index contributed by atoms with van der Waals surface area (Å²) in [5.41, 5.74) is 1.64. The van der Waals surface area contributed by atoms with Gasteiger partial charge in [0, 0.05) is 26.3 Å². The van der Waals surface area contributed by atoms with Gasteiger partial charge in [0.15, 0.2) is 11.9 Å². The maximum atomic E-state index is 11.7. The molecule has 0 N–H and O–H groups in total. The molecule has 0 radical (unpaired) electrons. The Morgan fingerprint density at radius 1 is 1.24 bits per heavy atom. The zero-order valence-corrected chi connectivity index (χ0v) is 18.7. The molecule has 0 aromatic carbocycles. The smallest absolute Gasteiger partial charge is 0.307 e. The van der Waals surface area contributed by atoms with Crippen LogP contribution in [0.1, 0.15) is 80.1 Å². The fourth-order valence-electron chi connectivity index (χ4n) is 4.04. The predicted molar refractivity (Wildman–Crippen MR) is 114 cm³/mol. The van der Waals surface area contributed by atoms with Gasteiger partial charge in [-0.05, 0) is 57.3 Å². The topological polar surface area (TPSA) is 69.7 Å². The number of aldehydes is 1. The molecule has 0 aromatic heterocycles. The van der Waals surface area contributed by atoms with Crippen LogP contribution in [0, 0.1) is 11.3 Å². The molecule has 0 aromatic rings. The van der Waals surface area contributed by atoms with Gasteiger partial charge in [0.25, 0.3) is 0 Å². The zero-order valence-electron chi connectivity index (χ0n) is 18.7. The minimum atomic E-state index is -1.43. The van der Waals surface area contributed by atoms with E-state index in [9.17, 15) is 14.4 Å². The fraction of sp³-hybridized carbons (Fsp3) is 0.625. The number of carbonyl (C=O) groups is 3. The third-order valence-electron chi connectivity index (χ3n) is 5.72. The number of rotatable bonds is 10. The molecule has 5 nitrogen and oxygen atoms in total. The van der Waals surface area contributed by atoms with Gasteiger partial charge in [0.1, 0.15) is 0 Å². The third kappa shape index (κ3) is 8.38. The van der Waals surface area contributed by atoms with Gasteiger partial charge in [-0.15, -0.1) is 0 Å². The van der Waals surface area contributed by atoms with E-state index in [-0.39, 0.29) is 0 Å². The second-order valence-electron chi connectivity index (χ2n) is 8.73. The summed E-state index contributed by atoms with van der Waals surface area (Å²) in [4.78, 5) is 34.0. The van der Waals surface area contributed by atoms with Crippen molar-refractivity contribution in [2.45, 2.75) is 85.7 Å². The van der Waals surface area contributed by atoms with E-state index in [4.69, 9.17) is 9.47 Å². The van der Waals surface area contributed by atoms with Gasteiger partial charge < -0.3 is 9.47 Å². The van der Waals surface area contributed by atoms with E-state index in [2.05, 4.69) is 39.8 Å². The molecule has 1 aliphatic carbocycles. The molecule has 162 valence electrons. The van der Waals surface area contributed by atoms with Gasteiger partial charge in [-0.3, -0.25) is 14.4 Å². The van der Waals surface area contributed by atoms with Crippen LogP contribution in [0.3, 0.4) is 0 Å². The molecule has 0 amide bonds. The Morgan fingerprint density at radius 3 is 2.48 bits per heavy atom. The summed E-state index contributed by atoms with van der Waals surface area (Å²) in [6, 6.07) is 0. The van der Waals surface area contributed by atoms with Crippen molar-refractivity contribution in [2.24, 2.45) is 11.3 Å². The van der Waals surface area contributed by atoms with Crippen LogP contribution in [0.2, 0.25) is 0 Å². The molecule has 29 heavy (non-hydrogen) atoms. The molecular weight excluding hydrogens is 368 g/mol. The highest BCUT2D eigenvalue weighted by Gasteiger charge is 2.32. The fourth-order valence-corrected chi connectivity index (χ4v) is 4.04. The standard InChI is InChI=1S/C24H36O5/c1-18(11-12-22-19(2)10-8-13-23(22,5)6)9-7-14-24(17-25,29-21(4)27)15-16-28-20(3)26/h9-10,15-17,22H,7-8,11-14H2,1-6H3. The van der Waals surface area contributed by atoms with E-state index >= 15 is 0 Å². The Labute approximate surface area is 175 Å². The number of esters is 2. The Hall–Kier alpha value is -2.17. The summed E-state index contributed by atoms with van der Waals surface area (Å²) in [7, 11) is 0. The molecule has 5 heteroatoms. The largest absolute Gasteiger partial charge is 0.447 e. The summed E-state index contributed by atoms with van der Waals surface area (Å²) < 4.78 is 9.98. The van der Waals surface area contributed by atoms with E-state index in [1.54, 1.807) is 0 Å². The highest BCUT2D eigenvalue weighted by atomic mass is 16.6. The number of carbonyl (C=O) groups excluding carboxylic acids is 3. The van der Waals surface area contributed by atoms with Crippen LogP contribution in [0.15, 0.2) is 35.6 Å². The number of hydrogen-bond donors (Lipinski definition) is 0. The van der Waals surface area contributed by atoms with Gasteiger partial charge >= 0.3 is 11.9 Å².